The summed E-state index contributed by atoms with van der Waals surface area (Å²) in [4.78, 5) is 8.36. The zero-order valence-corrected chi connectivity index (χ0v) is 9.88. The number of hydrogen-bond acceptors (Lipinski definition) is 3. The first-order valence-corrected chi connectivity index (χ1v) is 5.85. The van der Waals surface area contributed by atoms with Crippen LogP contribution in [0.2, 0.25) is 0 Å². The molecule has 0 saturated heterocycles. The molecule has 2 aromatic rings. The summed E-state index contributed by atoms with van der Waals surface area (Å²) in [7, 11) is 0. The third kappa shape index (κ3) is 2.19. The maximum Gasteiger partial charge on any atom is 0.194 e. The van der Waals surface area contributed by atoms with Gasteiger partial charge in [-0.15, -0.1) is 0 Å². The maximum absolute atomic E-state index is 13.2. The van der Waals surface area contributed by atoms with Gasteiger partial charge in [-0.05, 0) is 12.1 Å². The van der Waals surface area contributed by atoms with Crippen LogP contribution in [0.15, 0.2) is 18.3 Å². The first-order valence-electron chi connectivity index (χ1n) is 5.85. The maximum atomic E-state index is 13.2. The topological polar surface area (TPSA) is 37.8 Å². The second-order valence-electron chi connectivity index (χ2n) is 4.35. The van der Waals surface area contributed by atoms with E-state index in [1.165, 1.54) is 0 Å². The molecule has 19 heavy (non-hydrogen) atoms. The first kappa shape index (κ1) is 12.1. The minimum atomic E-state index is -1.48. The van der Waals surface area contributed by atoms with Crippen LogP contribution in [0.3, 0.4) is 0 Å². The highest BCUT2D eigenvalue weighted by molar-refractivity contribution is 5.55. The predicted octanol–water partition coefficient (Wildman–Crippen LogP) is 2.21. The Labute approximate surface area is 107 Å². The number of halogens is 3. The van der Waals surface area contributed by atoms with E-state index >= 15 is 0 Å². The highest BCUT2D eigenvalue weighted by Gasteiger charge is 2.16. The third-order valence-electron chi connectivity index (χ3n) is 3.05. The van der Waals surface area contributed by atoms with Gasteiger partial charge in [-0.3, -0.25) is 0 Å². The molecule has 0 aliphatic carbocycles. The highest BCUT2D eigenvalue weighted by atomic mass is 19.2. The molecule has 3 nitrogen and oxygen atoms in total. The molecule has 0 bridgehead atoms. The van der Waals surface area contributed by atoms with Gasteiger partial charge < -0.3 is 5.32 Å². The standard InChI is InChI=1S/C13H10F3N3/c14-9-3-7(4-10(15)12(9)16)13-18-6-8-5-17-2-1-11(8)19-13/h3-4,6,17H,1-2,5H2. The lowest BCUT2D eigenvalue weighted by Gasteiger charge is -2.16. The lowest BCUT2D eigenvalue weighted by molar-refractivity contribution is 0.447. The Bertz CT molecular complexity index is 620. The number of hydrogen-bond donors (Lipinski definition) is 1. The number of benzene rings is 1. The second kappa shape index (κ2) is 4.62. The molecule has 0 atom stereocenters. The van der Waals surface area contributed by atoms with Crippen LogP contribution in [0.5, 0.6) is 0 Å². The van der Waals surface area contributed by atoms with Gasteiger partial charge in [0.25, 0.3) is 0 Å². The molecule has 0 fully saturated rings. The van der Waals surface area contributed by atoms with Crippen LogP contribution in [0.25, 0.3) is 11.4 Å². The molecule has 6 heteroatoms. The Morgan fingerprint density at radius 1 is 1.11 bits per heavy atom. The van der Waals surface area contributed by atoms with Gasteiger partial charge in [-0.25, -0.2) is 23.1 Å². The van der Waals surface area contributed by atoms with Crippen molar-refractivity contribution in [2.24, 2.45) is 0 Å². The molecule has 1 aromatic carbocycles. The number of nitrogens with zero attached hydrogens (tertiary/aromatic N) is 2. The normalized spacial score (nSPS) is 14.3. The molecule has 0 radical (unpaired) electrons. The average molecular weight is 265 g/mol. The van der Waals surface area contributed by atoms with Gasteiger partial charge in [-0.2, -0.15) is 0 Å². The van der Waals surface area contributed by atoms with E-state index in [1.54, 1.807) is 6.20 Å². The fourth-order valence-electron chi connectivity index (χ4n) is 2.06. The fourth-order valence-corrected chi connectivity index (χ4v) is 2.06. The molecule has 1 N–H and O–H groups in total. The summed E-state index contributed by atoms with van der Waals surface area (Å²) in [5.74, 6) is -3.75. The van der Waals surface area contributed by atoms with E-state index in [1.807, 2.05) is 0 Å². The summed E-state index contributed by atoms with van der Waals surface area (Å²) < 4.78 is 39.3. The fraction of sp³-hybridized carbons (Fsp3) is 0.231. The largest absolute Gasteiger partial charge is 0.312 e. The Kier molecular flexibility index (Phi) is 2.94. The van der Waals surface area contributed by atoms with Gasteiger partial charge in [0.2, 0.25) is 0 Å². The smallest absolute Gasteiger partial charge is 0.194 e. The van der Waals surface area contributed by atoms with Gasteiger partial charge >= 0.3 is 0 Å². The Morgan fingerprint density at radius 3 is 2.58 bits per heavy atom. The van der Waals surface area contributed by atoms with Crippen LogP contribution in [-0.2, 0) is 13.0 Å². The van der Waals surface area contributed by atoms with Crippen LogP contribution < -0.4 is 5.32 Å². The molecule has 0 spiro atoms. The highest BCUT2D eigenvalue weighted by Crippen LogP contribution is 2.22. The molecule has 2 heterocycles. The molecular weight excluding hydrogens is 255 g/mol. The van der Waals surface area contributed by atoms with Gasteiger partial charge in [0.1, 0.15) is 0 Å². The van der Waals surface area contributed by atoms with Crippen molar-refractivity contribution in [3.8, 4) is 11.4 Å². The van der Waals surface area contributed by atoms with Crippen LogP contribution in [0, 0.1) is 17.5 Å². The van der Waals surface area contributed by atoms with E-state index in [4.69, 9.17) is 0 Å². The lowest BCUT2D eigenvalue weighted by Crippen LogP contribution is -2.25. The number of nitrogens with one attached hydrogen (secondary N) is 1. The summed E-state index contributed by atoms with van der Waals surface area (Å²) >= 11 is 0. The predicted molar refractivity (Wildman–Crippen MR) is 62.8 cm³/mol. The van der Waals surface area contributed by atoms with Crippen molar-refractivity contribution >= 4 is 0 Å². The van der Waals surface area contributed by atoms with Crippen molar-refractivity contribution in [2.45, 2.75) is 13.0 Å². The molecule has 1 aliphatic heterocycles. The monoisotopic (exact) mass is 265 g/mol. The lowest BCUT2D eigenvalue weighted by atomic mass is 10.1. The van der Waals surface area contributed by atoms with Gasteiger partial charge in [0, 0.05) is 36.8 Å². The van der Waals surface area contributed by atoms with Crippen molar-refractivity contribution in [1.82, 2.24) is 15.3 Å². The van der Waals surface area contributed by atoms with Crippen LogP contribution in [0.4, 0.5) is 13.2 Å². The summed E-state index contributed by atoms with van der Waals surface area (Å²) in [6.45, 7) is 1.48. The molecular formula is C13H10F3N3. The average Bonchev–Trinajstić information content (AvgIpc) is 2.43. The van der Waals surface area contributed by atoms with Crippen molar-refractivity contribution < 1.29 is 13.2 Å². The third-order valence-corrected chi connectivity index (χ3v) is 3.05. The molecule has 98 valence electrons. The first-order chi connectivity index (χ1) is 9.15. The summed E-state index contributed by atoms with van der Waals surface area (Å²) in [5.41, 5.74) is 1.96. The number of aromatic nitrogens is 2. The van der Waals surface area contributed by atoms with Crippen LogP contribution in [-0.4, -0.2) is 16.5 Å². The zero-order valence-electron chi connectivity index (χ0n) is 9.88. The van der Waals surface area contributed by atoms with E-state index in [-0.39, 0.29) is 11.4 Å². The SMILES string of the molecule is Fc1cc(-c2ncc3c(n2)CCNC3)cc(F)c1F. The summed E-state index contributed by atoms with van der Waals surface area (Å²) in [6.07, 6.45) is 2.36. The minimum absolute atomic E-state index is 0.137. The molecule has 3 rings (SSSR count). The van der Waals surface area contributed by atoms with Crippen LogP contribution >= 0.6 is 0 Å². The van der Waals surface area contributed by atoms with Gasteiger partial charge in [0.05, 0.1) is 5.69 Å². The summed E-state index contributed by atoms with van der Waals surface area (Å²) in [5, 5.41) is 3.18. The Hall–Kier alpha value is -1.95. The van der Waals surface area contributed by atoms with E-state index < -0.39 is 17.5 Å². The van der Waals surface area contributed by atoms with Crippen molar-refractivity contribution in [1.29, 1.82) is 0 Å². The quantitative estimate of drug-likeness (QED) is 0.803. The minimum Gasteiger partial charge on any atom is -0.312 e. The molecule has 0 unspecified atom stereocenters. The number of fused-ring (bicyclic) bond motifs is 1. The Balaban J connectivity index is 2.07. The van der Waals surface area contributed by atoms with E-state index in [0.29, 0.717) is 6.54 Å². The number of rotatable bonds is 1. The molecule has 0 amide bonds. The van der Waals surface area contributed by atoms with Gasteiger partial charge in [-0.1, -0.05) is 0 Å². The van der Waals surface area contributed by atoms with Crippen molar-refractivity contribution in [3.05, 3.63) is 47.0 Å². The Morgan fingerprint density at radius 2 is 1.84 bits per heavy atom. The zero-order chi connectivity index (χ0) is 13.4. The van der Waals surface area contributed by atoms with Crippen molar-refractivity contribution in [2.75, 3.05) is 6.54 Å². The van der Waals surface area contributed by atoms with E-state index in [2.05, 4.69) is 15.3 Å². The second-order valence-corrected chi connectivity index (χ2v) is 4.35. The van der Waals surface area contributed by atoms with Crippen LogP contribution in [0.1, 0.15) is 11.3 Å². The van der Waals surface area contributed by atoms with Crippen molar-refractivity contribution in [3.63, 3.8) is 0 Å². The van der Waals surface area contributed by atoms with E-state index in [9.17, 15) is 13.2 Å². The van der Waals surface area contributed by atoms with E-state index in [0.717, 1.165) is 36.4 Å². The summed E-state index contributed by atoms with van der Waals surface area (Å²) in [6, 6.07) is 1.81. The molecule has 1 aliphatic rings. The molecule has 0 saturated carbocycles. The molecule has 1 aromatic heterocycles. The van der Waals surface area contributed by atoms with Gasteiger partial charge in [0.15, 0.2) is 23.3 Å².